The fraction of sp³-hybridized carbons (Fsp3) is 0.750. The van der Waals surface area contributed by atoms with E-state index in [1.54, 1.807) is 6.92 Å². The molecule has 1 atom stereocenters. The molecule has 0 radical (unpaired) electrons. The summed E-state index contributed by atoms with van der Waals surface area (Å²) in [5.41, 5.74) is 0. The van der Waals surface area contributed by atoms with Crippen molar-refractivity contribution in [1.29, 1.82) is 0 Å². The van der Waals surface area contributed by atoms with Gasteiger partial charge >= 0.3 is 5.97 Å². The molecule has 0 spiro atoms. The molecule has 0 bridgehead atoms. The quantitative estimate of drug-likeness (QED) is 0.214. The van der Waals surface area contributed by atoms with Crippen LogP contribution < -0.4 is 11.3 Å². The number of carboxylic acid groups (broad SMARTS) is 1. The molecule has 0 saturated carbocycles. The zero-order valence-electron chi connectivity index (χ0n) is 15.3. The van der Waals surface area contributed by atoms with Gasteiger partial charge in [0.15, 0.2) is 4.75 Å². The summed E-state index contributed by atoms with van der Waals surface area (Å²) in [6, 6.07) is 0. The molecule has 0 fully saturated rings. The third-order valence-electron chi connectivity index (χ3n) is 3.74. The average molecular weight is 381 g/mol. The Labute approximate surface area is 150 Å². The highest BCUT2D eigenvalue weighted by Crippen LogP contribution is 2.30. The van der Waals surface area contributed by atoms with Gasteiger partial charge in [-0.05, 0) is 18.9 Å². The molecule has 0 aliphatic rings. The molecule has 0 saturated heterocycles. The second-order valence-electron chi connectivity index (χ2n) is 5.72. The molecule has 0 aliphatic carbocycles. The zero-order chi connectivity index (χ0) is 18.6. The van der Waals surface area contributed by atoms with Gasteiger partial charge in [-0.2, -0.15) is 8.42 Å². The van der Waals surface area contributed by atoms with Crippen LogP contribution in [-0.4, -0.2) is 29.7 Å². The van der Waals surface area contributed by atoms with E-state index in [0.717, 1.165) is 31.9 Å². The van der Waals surface area contributed by atoms with Crippen molar-refractivity contribution in [2.45, 2.75) is 76.4 Å². The Morgan fingerprint density at radius 3 is 2.16 bits per heavy atom. The summed E-state index contributed by atoms with van der Waals surface area (Å²) in [6.45, 7) is 3.83. The zero-order valence-corrected chi connectivity index (χ0v) is 16.1. The highest BCUT2D eigenvalue weighted by atomic mass is 32.2. The van der Waals surface area contributed by atoms with Crippen LogP contribution in [0.25, 0.3) is 0 Å². The van der Waals surface area contributed by atoms with Crippen LogP contribution >= 0.6 is 0 Å². The number of carbonyl (C=O) groups is 2. The van der Waals surface area contributed by atoms with E-state index in [4.69, 9.17) is 4.74 Å². The predicted molar refractivity (Wildman–Crippen MR) is 93.4 cm³/mol. The van der Waals surface area contributed by atoms with E-state index in [0.29, 0.717) is 12.8 Å². The number of carbonyl (C=O) groups excluding carboxylic acids is 2. The van der Waals surface area contributed by atoms with E-state index in [1.165, 1.54) is 6.08 Å². The van der Waals surface area contributed by atoms with E-state index >= 15 is 0 Å². The minimum atomic E-state index is -4.98. The number of ether oxygens (including phenoxy) is 1. The summed E-state index contributed by atoms with van der Waals surface area (Å²) in [5.74, 6) is -3.04. The van der Waals surface area contributed by atoms with Gasteiger partial charge in [-0.15, -0.1) is 0 Å². The molecule has 148 valence electrons. The van der Waals surface area contributed by atoms with E-state index < -0.39 is 33.2 Å². The highest BCUT2D eigenvalue weighted by molar-refractivity contribution is 7.88. The van der Waals surface area contributed by atoms with Crippen molar-refractivity contribution in [2.24, 2.45) is 0 Å². The Kier molecular flexibility index (Phi) is 13.3. The van der Waals surface area contributed by atoms with Gasteiger partial charge in [-0.25, -0.2) is 4.79 Å². The summed E-state index contributed by atoms with van der Waals surface area (Å²) in [4.78, 5) is 23.1. The number of esters is 1. The van der Waals surface area contributed by atoms with Crippen molar-refractivity contribution >= 4 is 22.1 Å². The Hall–Kier alpha value is -1.45. The topological polar surface area (TPSA) is 157 Å². The van der Waals surface area contributed by atoms with Crippen molar-refractivity contribution in [3.63, 3.8) is 0 Å². The van der Waals surface area contributed by atoms with Crippen molar-refractivity contribution in [1.82, 2.24) is 6.15 Å². The van der Waals surface area contributed by atoms with Gasteiger partial charge in [-0.1, -0.05) is 52.4 Å². The molecular formula is C16H31NO7S. The molecule has 9 heteroatoms. The van der Waals surface area contributed by atoms with Crippen LogP contribution in [-0.2, 0) is 24.4 Å². The lowest BCUT2D eigenvalue weighted by atomic mass is 9.96. The molecule has 0 rings (SSSR count). The number of hydrogen-bond donors (Lipinski definition) is 2. The van der Waals surface area contributed by atoms with Gasteiger partial charge < -0.3 is 20.8 Å². The molecule has 0 aromatic rings. The molecule has 1 unspecified atom stereocenters. The number of aliphatic carboxylic acids is 1. The first-order chi connectivity index (χ1) is 11.2. The van der Waals surface area contributed by atoms with Gasteiger partial charge in [0.25, 0.3) is 10.1 Å². The van der Waals surface area contributed by atoms with Crippen LogP contribution in [0.3, 0.4) is 0 Å². The van der Waals surface area contributed by atoms with Gasteiger partial charge in [0, 0.05) is 12.4 Å². The number of hydrogen-bond acceptors (Lipinski definition) is 6. The maximum absolute atomic E-state index is 12.2. The first-order valence-electron chi connectivity index (χ1n) is 8.24. The van der Waals surface area contributed by atoms with Crippen LogP contribution in [0.4, 0.5) is 0 Å². The Morgan fingerprint density at radius 2 is 1.68 bits per heavy atom. The normalized spacial score (nSPS) is 13.9. The summed E-state index contributed by atoms with van der Waals surface area (Å²) >= 11 is 0. The van der Waals surface area contributed by atoms with E-state index in [9.17, 15) is 27.7 Å². The number of rotatable bonds is 13. The van der Waals surface area contributed by atoms with Crippen LogP contribution in [0, 0.1) is 0 Å². The molecule has 25 heavy (non-hydrogen) atoms. The van der Waals surface area contributed by atoms with Gasteiger partial charge in [-0.3, -0.25) is 4.55 Å². The van der Waals surface area contributed by atoms with Crippen LogP contribution in [0.2, 0.25) is 0 Å². The second kappa shape index (κ2) is 12.8. The summed E-state index contributed by atoms with van der Waals surface area (Å²) in [6.07, 6.45) is 6.36. The number of quaternary nitrogens is 1. The van der Waals surface area contributed by atoms with E-state index in [2.05, 4.69) is 6.92 Å². The van der Waals surface area contributed by atoms with Crippen LogP contribution in [0.15, 0.2) is 12.3 Å². The van der Waals surface area contributed by atoms with E-state index in [-0.39, 0.29) is 19.0 Å². The maximum Gasteiger partial charge on any atom is 0.335 e. The minimum Gasteiger partial charge on any atom is -0.550 e. The third-order valence-corrected chi connectivity index (χ3v) is 5.24. The largest absolute Gasteiger partial charge is 0.550 e. The molecule has 0 aliphatic heterocycles. The number of unbranched alkanes of at least 4 members (excludes halogenated alkanes) is 5. The van der Waals surface area contributed by atoms with Crippen molar-refractivity contribution in [2.75, 3.05) is 0 Å². The van der Waals surface area contributed by atoms with Gasteiger partial charge in [0.1, 0.15) is 0 Å². The number of allylic oxidation sites excluding steroid dienone is 1. The SMILES string of the molecule is CCC=COC(=O)C(CCCCCCCC)(CC(=O)[O-])S(=O)(=O)O.[NH4+]. The molecule has 0 heterocycles. The second-order valence-corrected chi connectivity index (χ2v) is 7.45. The minimum absolute atomic E-state index is 0. The van der Waals surface area contributed by atoms with Gasteiger partial charge in [0.2, 0.25) is 0 Å². The summed E-state index contributed by atoms with van der Waals surface area (Å²) < 4.78 is 35.2. The smallest absolute Gasteiger partial charge is 0.335 e. The molecule has 0 aromatic carbocycles. The van der Waals surface area contributed by atoms with E-state index in [1.807, 2.05) is 0 Å². The van der Waals surface area contributed by atoms with Crippen LogP contribution in [0.1, 0.15) is 71.6 Å². The third kappa shape index (κ3) is 8.99. The molecule has 0 amide bonds. The molecule has 5 N–H and O–H groups in total. The highest BCUT2D eigenvalue weighted by Gasteiger charge is 2.51. The molecule has 8 nitrogen and oxygen atoms in total. The fourth-order valence-corrected chi connectivity index (χ4v) is 3.29. The number of carboxylic acids is 1. The Morgan fingerprint density at radius 1 is 1.12 bits per heavy atom. The van der Waals surface area contributed by atoms with Crippen LogP contribution in [0.5, 0.6) is 0 Å². The van der Waals surface area contributed by atoms with Crippen molar-refractivity contribution < 1.29 is 32.4 Å². The van der Waals surface area contributed by atoms with Gasteiger partial charge in [0.05, 0.1) is 6.26 Å². The lowest BCUT2D eigenvalue weighted by Crippen LogP contribution is -2.50. The summed E-state index contributed by atoms with van der Waals surface area (Å²) in [5, 5.41) is 11.0. The fourth-order valence-electron chi connectivity index (χ4n) is 2.33. The summed E-state index contributed by atoms with van der Waals surface area (Å²) in [7, 11) is -4.98. The van der Waals surface area contributed by atoms with Crippen molar-refractivity contribution in [3.05, 3.63) is 12.3 Å². The average Bonchev–Trinajstić information content (AvgIpc) is 2.48. The Balaban J connectivity index is 0. The first-order valence-corrected chi connectivity index (χ1v) is 9.68. The Bertz CT molecular complexity index is 531. The lowest BCUT2D eigenvalue weighted by Gasteiger charge is -2.28. The molecular weight excluding hydrogens is 350 g/mol. The first kappa shape index (κ1) is 25.8. The standard InChI is InChI=1S/C16H28O7S.H3N/c1-3-5-7-8-9-10-11-16(13-14(17)18,24(20,21)22)15(19)23-12-6-4-2;/h6,12H,3-5,7-11,13H2,1-2H3,(H,17,18)(H,20,21,22);1H3. The lowest BCUT2D eigenvalue weighted by molar-refractivity contribution is -0.306. The van der Waals surface area contributed by atoms with Crippen molar-refractivity contribution in [3.8, 4) is 0 Å². The molecule has 0 aromatic heterocycles. The maximum atomic E-state index is 12.2. The predicted octanol–water partition coefficient (Wildman–Crippen LogP) is 2.35. The monoisotopic (exact) mass is 381 g/mol.